The Labute approximate surface area is 146 Å². The van der Waals surface area contributed by atoms with Gasteiger partial charge in [-0.25, -0.2) is 0 Å². The lowest BCUT2D eigenvalue weighted by Gasteiger charge is -2.18. The molecule has 2 amide bonds. The first-order chi connectivity index (χ1) is 11.5. The Bertz CT molecular complexity index is 797. The van der Waals surface area contributed by atoms with Crippen LogP contribution < -0.4 is 10.2 Å². The zero-order valence-corrected chi connectivity index (χ0v) is 14.5. The number of hydrogen-bond donors (Lipinski definition) is 1. The predicted molar refractivity (Wildman–Crippen MR) is 96.9 cm³/mol. The standard InChI is InChI=1S/C19H19ClN2O2/c1-12-5-3-6-13(2)18(12)21-19(24)14-8-9-15(20)16(11-14)22-10-4-7-17(22)23/h3,5-6,8-9,11H,4,7,10H2,1-2H3,(H,21,24). The lowest BCUT2D eigenvalue weighted by atomic mass is 10.1. The van der Waals surface area contributed by atoms with Crippen molar-refractivity contribution in [3.05, 3.63) is 58.1 Å². The largest absolute Gasteiger partial charge is 0.322 e. The molecule has 0 spiro atoms. The molecule has 0 aliphatic carbocycles. The number of carbonyl (C=O) groups excluding carboxylic acids is 2. The SMILES string of the molecule is Cc1cccc(C)c1NC(=O)c1ccc(Cl)c(N2CCCC2=O)c1. The molecule has 0 atom stereocenters. The Kier molecular flexibility index (Phi) is 4.58. The van der Waals surface area contributed by atoms with E-state index in [2.05, 4.69) is 5.32 Å². The molecule has 1 aliphatic rings. The van der Waals surface area contributed by atoms with Crippen LogP contribution in [0.4, 0.5) is 11.4 Å². The minimum atomic E-state index is -0.211. The van der Waals surface area contributed by atoms with Crippen molar-refractivity contribution in [2.24, 2.45) is 0 Å². The van der Waals surface area contributed by atoms with Gasteiger partial charge >= 0.3 is 0 Å². The summed E-state index contributed by atoms with van der Waals surface area (Å²) in [5.41, 5.74) is 3.92. The zero-order valence-electron chi connectivity index (χ0n) is 13.7. The van der Waals surface area contributed by atoms with E-state index >= 15 is 0 Å². The molecule has 4 nitrogen and oxygen atoms in total. The summed E-state index contributed by atoms with van der Waals surface area (Å²) in [6, 6.07) is 10.9. The molecule has 1 aliphatic heterocycles. The molecule has 1 heterocycles. The number of para-hydroxylation sites is 1. The summed E-state index contributed by atoms with van der Waals surface area (Å²) in [6.45, 7) is 4.55. The Morgan fingerprint density at radius 2 is 1.88 bits per heavy atom. The highest BCUT2D eigenvalue weighted by Crippen LogP contribution is 2.31. The molecule has 0 bridgehead atoms. The second-order valence-electron chi connectivity index (χ2n) is 6.04. The van der Waals surface area contributed by atoms with E-state index < -0.39 is 0 Å². The molecular formula is C19H19ClN2O2. The third-order valence-electron chi connectivity index (χ3n) is 4.29. The van der Waals surface area contributed by atoms with Crippen LogP contribution in [-0.4, -0.2) is 18.4 Å². The summed E-state index contributed by atoms with van der Waals surface area (Å²) in [6.07, 6.45) is 1.34. The van der Waals surface area contributed by atoms with Crippen molar-refractivity contribution in [2.45, 2.75) is 26.7 Å². The average molecular weight is 343 g/mol. The Morgan fingerprint density at radius 3 is 2.50 bits per heavy atom. The Morgan fingerprint density at radius 1 is 1.17 bits per heavy atom. The molecule has 24 heavy (non-hydrogen) atoms. The normalized spacial score (nSPS) is 14.1. The van der Waals surface area contributed by atoms with Crippen molar-refractivity contribution >= 4 is 34.8 Å². The predicted octanol–water partition coefficient (Wildman–Crippen LogP) is 4.34. The molecule has 0 radical (unpaired) electrons. The van der Waals surface area contributed by atoms with Crippen LogP contribution >= 0.6 is 11.6 Å². The maximum atomic E-state index is 12.6. The van der Waals surface area contributed by atoms with Crippen LogP contribution in [0.25, 0.3) is 0 Å². The van der Waals surface area contributed by atoms with Gasteiger partial charge in [0.15, 0.2) is 0 Å². The van der Waals surface area contributed by atoms with Gasteiger partial charge in [-0.15, -0.1) is 0 Å². The van der Waals surface area contributed by atoms with Crippen LogP contribution in [-0.2, 0) is 4.79 Å². The van der Waals surface area contributed by atoms with Crippen LogP contribution in [0.3, 0.4) is 0 Å². The number of halogens is 1. The lowest BCUT2D eigenvalue weighted by Crippen LogP contribution is -2.24. The van der Waals surface area contributed by atoms with E-state index in [9.17, 15) is 9.59 Å². The number of carbonyl (C=O) groups is 2. The number of nitrogens with zero attached hydrogens (tertiary/aromatic N) is 1. The number of anilines is 2. The summed E-state index contributed by atoms with van der Waals surface area (Å²) < 4.78 is 0. The maximum absolute atomic E-state index is 12.6. The number of hydrogen-bond acceptors (Lipinski definition) is 2. The number of amides is 2. The molecule has 3 rings (SSSR count). The van der Waals surface area contributed by atoms with Gasteiger partial charge in [-0.3, -0.25) is 9.59 Å². The van der Waals surface area contributed by atoms with Gasteiger partial charge < -0.3 is 10.2 Å². The topological polar surface area (TPSA) is 49.4 Å². The fraction of sp³-hybridized carbons (Fsp3) is 0.263. The van der Waals surface area contributed by atoms with Crippen molar-refractivity contribution in [3.8, 4) is 0 Å². The van der Waals surface area contributed by atoms with Gasteiger partial charge in [0, 0.05) is 24.2 Å². The monoisotopic (exact) mass is 342 g/mol. The first-order valence-corrected chi connectivity index (χ1v) is 8.32. The molecule has 5 heteroatoms. The third kappa shape index (κ3) is 3.15. The first-order valence-electron chi connectivity index (χ1n) is 7.95. The summed E-state index contributed by atoms with van der Waals surface area (Å²) in [5.74, 6) is -0.166. The van der Waals surface area contributed by atoms with E-state index in [1.165, 1.54) is 0 Å². The highest BCUT2D eigenvalue weighted by atomic mass is 35.5. The maximum Gasteiger partial charge on any atom is 0.255 e. The van der Waals surface area contributed by atoms with Crippen LogP contribution in [0.1, 0.15) is 34.3 Å². The number of benzene rings is 2. The zero-order chi connectivity index (χ0) is 17.3. The molecular weight excluding hydrogens is 324 g/mol. The minimum Gasteiger partial charge on any atom is -0.322 e. The van der Waals surface area contributed by atoms with Gasteiger partial charge in [0.25, 0.3) is 5.91 Å². The minimum absolute atomic E-state index is 0.0456. The molecule has 1 fully saturated rings. The van der Waals surface area contributed by atoms with E-state index in [1.807, 2.05) is 32.0 Å². The molecule has 2 aromatic carbocycles. The van der Waals surface area contributed by atoms with Crippen molar-refractivity contribution < 1.29 is 9.59 Å². The number of aryl methyl sites for hydroxylation is 2. The van der Waals surface area contributed by atoms with Crippen LogP contribution in [0.15, 0.2) is 36.4 Å². The van der Waals surface area contributed by atoms with Crippen molar-refractivity contribution in [2.75, 3.05) is 16.8 Å². The van der Waals surface area contributed by atoms with E-state index in [4.69, 9.17) is 11.6 Å². The summed E-state index contributed by atoms with van der Waals surface area (Å²) in [4.78, 5) is 26.2. The van der Waals surface area contributed by atoms with Crippen LogP contribution in [0.5, 0.6) is 0 Å². The van der Waals surface area contributed by atoms with Crippen molar-refractivity contribution in [1.82, 2.24) is 0 Å². The van der Waals surface area contributed by atoms with Gasteiger partial charge in [0.1, 0.15) is 0 Å². The number of rotatable bonds is 3. The van der Waals surface area contributed by atoms with Gasteiger partial charge in [-0.05, 0) is 49.6 Å². The van der Waals surface area contributed by atoms with Gasteiger partial charge in [-0.1, -0.05) is 29.8 Å². The fourth-order valence-corrected chi connectivity index (χ4v) is 3.18. The molecule has 0 saturated carbocycles. The molecule has 1 saturated heterocycles. The molecule has 0 unspecified atom stereocenters. The van der Waals surface area contributed by atoms with Gasteiger partial charge in [0.05, 0.1) is 10.7 Å². The second kappa shape index (κ2) is 6.65. The Balaban J connectivity index is 1.89. The van der Waals surface area contributed by atoms with Crippen LogP contribution in [0.2, 0.25) is 5.02 Å². The molecule has 124 valence electrons. The number of nitrogens with one attached hydrogen (secondary N) is 1. The average Bonchev–Trinajstić information content (AvgIpc) is 2.97. The second-order valence-corrected chi connectivity index (χ2v) is 6.44. The fourth-order valence-electron chi connectivity index (χ4n) is 2.96. The van der Waals surface area contributed by atoms with Gasteiger partial charge in [0.2, 0.25) is 5.91 Å². The quantitative estimate of drug-likeness (QED) is 0.902. The van der Waals surface area contributed by atoms with E-state index in [-0.39, 0.29) is 11.8 Å². The Hall–Kier alpha value is -2.33. The highest BCUT2D eigenvalue weighted by Gasteiger charge is 2.24. The molecule has 0 aromatic heterocycles. The summed E-state index contributed by atoms with van der Waals surface area (Å²) >= 11 is 6.23. The molecule has 2 aromatic rings. The van der Waals surface area contributed by atoms with Crippen LogP contribution in [0, 0.1) is 13.8 Å². The smallest absolute Gasteiger partial charge is 0.255 e. The summed E-state index contributed by atoms with van der Waals surface area (Å²) in [7, 11) is 0. The lowest BCUT2D eigenvalue weighted by molar-refractivity contribution is -0.117. The third-order valence-corrected chi connectivity index (χ3v) is 4.61. The van der Waals surface area contributed by atoms with E-state index in [0.717, 1.165) is 23.2 Å². The first kappa shape index (κ1) is 16.5. The van der Waals surface area contributed by atoms with Gasteiger partial charge in [-0.2, -0.15) is 0 Å². The highest BCUT2D eigenvalue weighted by molar-refractivity contribution is 6.34. The van der Waals surface area contributed by atoms with Crippen molar-refractivity contribution in [3.63, 3.8) is 0 Å². The van der Waals surface area contributed by atoms with E-state index in [1.54, 1.807) is 23.1 Å². The molecule has 1 N–H and O–H groups in total. The van der Waals surface area contributed by atoms with E-state index in [0.29, 0.717) is 29.2 Å². The summed E-state index contributed by atoms with van der Waals surface area (Å²) in [5, 5.41) is 3.44. The van der Waals surface area contributed by atoms with Crippen molar-refractivity contribution in [1.29, 1.82) is 0 Å².